The SMILES string of the molecule is CCC1CCN(c2cc(F)cc(F)c2F)CCCN1. The number of hydrogen-bond donors (Lipinski definition) is 1. The molecule has 1 aliphatic rings. The molecule has 106 valence electrons. The summed E-state index contributed by atoms with van der Waals surface area (Å²) in [6.07, 6.45) is 2.66. The molecule has 0 radical (unpaired) electrons. The fourth-order valence-electron chi connectivity index (χ4n) is 2.46. The van der Waals surface area contributed by atoms with E-state index in [0.29, 0.717) is 25.2 Å². The Kier molecular flexibility index (Phi) is 4.69. The topological polar surface area (TPSA) is 15.3 Å². The summed E-state index contributed by atoms with van der Waals surface area (Å²) in [4.78, 5) is 1.74. The summed E-state index contributed by atoms with van der Waals surface area (Å²) in [5.41, 5.74) is 0.0363. The maximum absolute atomic E-state index is 13.8. The Morgan fingerprint density at radius 2 is 2.05 bits per heavy atom. The van der Waals surface area contributed by atoms with Crippen LogP contribution in [0.25, 0.3) is 0 Å². The Bertz CT molecular complexity index is 437. The third kappa shape index (κ3) is 3.41. The fraction of sp³-hybridized carbons (Fsp3) is 0.571. The van der Waals surface area contributed by atoms with Crippen LogP contribution in [0.5, 0.6) is 0 Å². The van der Waals surface area contributed by atoms with Crippen LogP contribution in [0.15, 0.2) is 12.1 Å². The van der Waals surface area contributed by atoms with Gasteiger partial charge < -0.3 is 10.2 Å². The summed E-state index contributed by atoms with van der Waals surface area (Å²) in [5, 5.41) is 3.41. The summed E-state index contributed by atoms with van der Waals surface area (Å²) in [6, 6.07) is 2.04. The van der Waals surface area contributed by atoms with Gasteiger partial charge in [-0.15, -0.1) is 0 Å². The number of rotatable bonds is 2. The zero-order valence-corrected chi connectivity index (χ0v) is 11.1. The summed E-state index contributed by atoms with van der Waals surface area (Å²) < 4.78 is 40.3. The highest BCUT2D eigenvalue weighted by Crippen LogP contribution is 2.24. The minimum Gasteiger partial charge on any atom is -0.369 e. The molecule has 2 rings (SSSR count). The summed E-state index contributed by atoms with van der Waals surface area (Å²) in [5.74, 6) is -2.81. The molecule has 0 aromatic heterocycles. The number of halogens is 3. The monoisotopic (exact) mass is 272 g/mol. The van der Waals surface area contributed by atoms with E-state index in [4.69, 9.17) is 0 Å². The van der Waals surface area contributed by atoms with Crippen molar-refractivity contribution >= 4 is 5.69 Å². The van der Waals surface area contributed by atoms with Crippen molar-refractivity contribution in [3.8, 4) is 0 Å². The van der Waals surface area contributed by atoms with E-state index in [9.17, 15) is 13.2 Å². The number of anilines is 1. The van der Waals surface area contributed by atoms with Gasteiger partial charge in [-0.05, 0) is 25.8 Å². The molecule has 0 amide bonds. The number of benzene rings is 1. The molecule has 0 saturated carbocycles. The van der Waals surface area contributed by atoms with Gasteiger partial charge in [-0.1, -0.05) is 6.92 Å². The lowest BCUT2D eigenvalue weighted by Crippen LogP contribution is -2.40. The van der Waals surface area contributed by atoms with Crippen molar-refractivity contribution in [1.82, 2.24) is 5.32 Å². The quantitative estimate of drug-likeness (QED) is 0.832. The molecule has 0 aliphatic carbocycles. The van der Waals surface area contributed by atoms with Gasteiger partial charge in [-0.2, -0.15) is 0 Å². The number of nitrogens with one attached hydrogen (secondary N) is 1. The van der Waals surface area contributed by atoms with Gasteiger partial charge in [0.15, 0.2) is 11.6 Å². The van der Waals surface area contributed by atoms with Gasteiger partial charge in [-0.25, -0.2) is 13.2 Å². The molecule has 1 atom stereocenters. The lowest BCUT2D eigenvalue weighted by atomic mass is 10.1. The average molecular weight is 272 g/mol. The van der Waals surface area contributed by atoms with Crippen molar-refractivity contribution in [3.05, 3.63) is 29.6 Å². The van der Waals surface area contributed by atoms with E-state index < -0.39 is 17.5 Å². The highest BCUT2D eigenvalue weighted by atomic mass is 19.2. The Balaban J connectivity index is 2.19. The van der Waals surface area contributed by atoms with Gasteiger partial charge in [0.2, 0.25) is 0 Å². The summed E-state index contributed by atoms with van der Waals surface area (Å²) in [7, 11) is 0. The van der Waals surface area contributed by atoms with Crippen LogP contribution < -0.4 is 10.2 Å². The second-order valence-corrected chi connectivity index (χ2v) is 4.91. The molecule has 0 bridgehead atoms. The second kappa shape index (κ2) is 6.28. The van der Waals surface area contributed by atoms with Crippen LogP contribution in [-0.2, 0) is 0 Å². The van der Waals surface area contributed by atoms with Crippen molar-refractivity contribution < 1.29 is 13.2 Å². The number of nitrogens with zero attached hydrogens (tertiary/aromatic N) is 1. The zero-order valence-electron chi connectivity index (χ0n) is 11.1. The molecule has 0 spiro atoms. The van der Waals surface area contributed by atoms with E-state index in [0.717, 1.165) is 31.9 Å². The van der Waals surface area contributed by atoms with Crippen LogP contribution in [0, 0.1) is 17.5 Å². The first-order valence-electron chi connectivity index (χ1n) is 6.74. The predicted molar refractivity (Wildman–Crippen MR) is 69.8 cm³/mol. The molecule has 1 aromatic rings. The minimum atomic E-state index is -1.12. The molecule has 1 saturated heterocycles. The Labute approximate surface area is 111 Å². The van der Waals surface area contributed by atoms with Crippen molar-refractivity contribution in [2.24, 2.45) is 0 Å². The first-order chi connectivity index (χ1) is 9.11. The van der Waals surface area contributed by atoms with Gasteiger partial charge in [0.25, 0.3) is 0 Å². The first-order valence-corrected chi connectivity index (χ1v) is 6.74. The third-order valence-electron chi connectivity index (χ3n) is 3.59. The van der Waals surface area contributed by atoms with Gasteiger partial charge >= 0.3 is 0 Å². The molecular weight excluding hydrogens is 253 g/mol. The molecular formula is C14H19F3N2. The smallest absolute Gasteiger partial charge is 0.182 e. The van der Waals surface area contributed by atoms with Gasteiger partial charge in [0, 0.05) is 31.3 Å². The molecule has 1 fully saturated rings. The maximum atomic E-state index is 13.8. The normalized spacial score (nSPS) is 21.1. The van der Waals surface area contributed by atoms with Gasteiger partial charge in [-0.3, -0.25) is 0 Å². The molecule has 1 N–H and O–H groups in total. The Hall–Kier alpha value is -1.23. The molecule has 5 heteroatoms. The van der Waals surface area contributed by atoms with E-state index >= 15 is 0 Å². The van der Waals surface area contributed by atoms with E-state index in [1.54, 1.807) is 4.90 Å². The number of hydrogen-bond acceptors (Lipinski definition) is 2. The lowest BCUT2D eigenvalue weighted by Gasteiger charge is -2.30. The Morgan fingerprint density at radius 1 is 1.26 bits per heavy atom. The van der Waals surface area contributed by atoms with E-state index in [1.807, 2.05) is 0 Å². The van der Waals surface area contributed by atoms with Crippen LogP contribution in [0.4, 0.5) is 18.9 Å². The largest absolute Gasteiger partial charge is 0.369 e. The van der Waals surface area contributed by atoms with E-state index in [2.05, 4.69) is 12.2 Å². The third-order valence-corrected chi connectivity index (χ3v) is 3.59. The van der Waals surface area contributed by atoms with Crippen LogP contribution in [-0.4, -0.2) is 25.7 Å². The maximum Gasteiger partial charge on any atom is 0.182 e. The molecule has 1 aliphatic heterocycles. The van der Waals surface area contributed by atoms with Gasteiger partial charge in [0.1, 0.15) is 5.82 Å². The van der Waals surface area contributed by atoms with Crippen molar-refractivity contribution in [1.29, 1.82) is 0 Å². The predicted octanol–water partition coefficient (Wildman–Crippen LogP) is 3.07. The van der Waals surface area contributed by atoms with Crippen LogP contribution in [0.1, 0.15) is 26.2 Å². The van der Waals surface area contributed by atoms with Crippen molar-refractivity contribution in [2.45, 2.75) is 32.2 Å². The average Bonchev–Trinajstić information content (AvgIpc) is 2.35. The zero-order chi connectivity index (χ0) is 13.8. The molecule has 2 nitrogen and oxygen atoms in total. The van der Waals surface area contributed by atoms with Crippen molar-refractivity contribution in [3.63, 3.8) is 0 Å². The van der Waals surface area contributed by atoms with Crippen LogP contribution >= 0.6 is 0 Å². The molecule has 1 heterocycles. The van der Waals surface area contributed by atoms with E-state index in [-0.39, 0.29) is 5.69 Å². The highest BCUT2D eigenvalue weighted by molar-refractivity contribution is 5.48. The van der Waals surface area contributed by atoms with E-state index in [1.165, 1.54) is 0 Å². The fourth-order valence-corrected chi connectivity index (χ4v) is 2.46. The molecule has 19 heavy (non-hydrogen) atoms. The second-order valence-electron chi connectivity index (χ2n) is 4.91. The summed E-state index contributed by atoms with van der Waals surface area (Å²) in [6.45, 7) is 4.13. The van der Waals surface area contributed by atoms with Crippen LogP contribution in [0.2, 0.25) is 0 Å². The molecule has 1 unspecified atom stereocenters. The van der Waals surface area contributed by atoms with Crippen LogP contribution in [0.3, 0.4) is 0 Å². The highest BCUT2D eigenvalue weighted by Gasteiger charge is 2.19. The van der Waals surface area contributed by atoms with Crippen molar-refractivity contribution in [2.75, 3.05) is 24.5 Å². The minimum absolute atomic E-state index is 0.0363. The lowest BCUT2D eigenvalue weighted by molar-refractivity contribution is 0.433. The standard InChI is InChI=1S/C14H19F3N2/c1-2-11-4-7-19(6-3-5-18-11)13-9-10(15)8-12(16)14(13)17/h8-9,11,18H,2-7H2,1H3. The van der Waals surface area contributed by atoms with Gasteiger partial charge in [0.05, 0.1) is 5.69 Å². The summed E-state index contributed by atoms with van der Waals surface area (Å²) >= 11 is 0. The Morgan fingerprint density at radius 3 is 2.79 bits per heavy atom. The molecule has 1 aromatic carbocycles. The first kappa shape index (κ1) is 14.2.